The Hall–Kier alpha value is -0.220. The van der Waals surface area contributed by atoms with Gasteiger partial charge in [-0.25, -0.2) is 0 Å². The van der Waals surface area contributed by atoms with Crippen LogP contribution in [0.15, 0.2) is 0 Å². The van der Waals surface area contributed by atoms with Crippen molar-refractivity contribution in [2.24, 2.45) is 11.8 Å². The summed E-state index contributed by atoms with van der Waals surface area (Å²) in [6, 6.07) is 0.728. The standard InChI is InChI=1S/C14H26N2OS/c1-11(10-18-2)14(17)16-8-5-12(6-9-16)13-4-3-7-15-13/h11-13,15H,3-10H2,1-2H3. The second-order valence-corrected chi connectivity index (χ2v) is 6.63. The monoisotopic (exact) mass is 270 g/mol. The number of rotatable bonds is 4. The van der Waals surface area contributed by atoms with Gasteiger partial charge in [-0.3, -0.25) is 4.79 Å². The number of likely N-dealkylation sites (tertiary alicyclic amines) is 1. The Balaban J connectivity index is 1.77. The highest BCUT2D eigenvalue weighted by Gasteiger charge is 2.30. The Kier molecular flexibility index (Phi) is 5.37. The number of nitrogens with one attached hydrogen (secondary N) is 1. The molecule has 3 nitrogen and oxygen atoms in total. The molecule has 2 heterocycles. The zero-order valence-electron chi connectivity index (χ0n) is 11.7. The fourth-order valence-electron chi connectivity index (χ4n) is 3.27. The molecule has 0 aromatic heterocycles. The van der Waals surface area contributed by atoms with Crippen LogP contribution in [-0.2, 0) is 4.79 Å². The van der Waals surface area contributed by atoms with Gasteiger partial charge in [0.2, 0.25) is 5.91 Å². The van der Waals surface area contributed by atoms with Crippen molar-refractivity contribution < 1.29 is 4.79 Å². The number of hydrogen-bond acceptors (Lipinski definition) is 3. The maximum Gasteiger partial charge on any atom is 0.226 e. The summed E-state index contributed by atoms with van der Waals surface area (Å²) in [6.45, 7) is 5.19. The Morgan fingerprint density at radius 3 is 2.67 bits per heavy atom. The summed E-state index contributed by atoms with van der Waals surface area (Å²) >= 11 is 1.77. The van der Waals surface area contributed by atoms with E-state index in [9.17, 15) is 4.79 Å². The SMILES string of the molecule is CSCC(C)C(=O)N1CCC(C2CCCN2)CC1. The maximum absolute atomic E-state index is 12.2. The molecule has 0 radical (unpaired) electrons. The van der Waals surface area contributed by atoms with E-state index in [0.29, 0.717) is 5.91 Å². The largest absolute Gasteiger partial charge is 0.342 e. The third kappa shape index (κ3) is 3.41. The molecule has 104 valence electrons. The third-order valence-corrected chi connectivity index (χ3v) is 5.19. The summed E-state index contributed by atoms with van der Waals surface area (Å²) in [6.07, 6.45) is 7.11. The van der Waals surface area contributed by atoms with Gasteiger partial charge in [0.1, 0.15) is 0 Å². The predicted molar refractivity (Wildman–Crippen MR) is 77.9 cm³/mol. The quantitative estimate of drug-likeness (QED) is 0.848. The van der Waals surface area contributed by atoms with Crippen molar-refractivity contribution in [1.82, 2.24) is 10.2 Å². The van der Waals surface area contributed by atoms with E-state index in [0.717, 1.165) is 30.8 Å². The number of carbonyl (C=O) groups is 1. The van der Waals surface area contributed by atoms with Crippen LogP contribution in [-0.4, -0.2) is 48.5 Å². The van der Waals surface area contributed by atoms with Crippen LogP contribution in [0.2, 0.25) is 0 Å². The predicted octanol–water partition coefficient (Wildman–Crippen LogP) is 1.98. The number of hydrogen-bond donors (Lipinski definition) is 1. The van der Waals surface area contributed by atoms with Crippen LogP contribution in [0.25, 0.3) is 0 Å². The Morgan fingerprint density at radius 1 is 1.39 bits per heavy atom. The van der Waals surface area contributed by atoms with Gasteiger partial charge in [0.05, 0.1) is 0 Å². The lowest BCUT2D eigenvalue weighted by Crippen LogP contribution is -2.45. The van der Waals surface area contributed by atoms with Crippen molar-refractivity contribution in [3.8, 4) is 0 Å². The number of nitrogens with zero attached hydrogens (tertiary/aromatic N) is 1. The van der Waals surface area contributed by atoms with Gasteiger partial charge in [0, 0.05) is 30.8 Å². The maximum atomic E-state index is 12.2. The van der Waals surface area contributed by atoms with E-state index in [1.54, 1.807) is 11.8 Å². The normalized spacial score (nSPS) is 27.4. The first-order valence-corrected chi connectivity index (χ1v) is 8.63. The molecule has 2 rings (SSSR count). The number of piperidine rings is 1. The molecule has 0 spiro atoms. The van der Waals surface area contributed by atoms with E-state index in [-0.39, 0.29) is 5.92 Å². The zero-order valence-corrected chi connectivity index (χ0v) is 12.5. The molecule has 0 aliphatic carbocycles. The fraction of sp³-hybridized carbons (Fsp3) is 0.929. The van der Waals surface area contributed by atoms with Gasteiger partial charge >= 0.3 is 0 Å². The third-order valence-electron chi connectivity index (χ3n) is 4.36. The minimum atomic E-state index is 0.182. The highest BCUT2D eigenvalue weighted by Crippen LogP contribution is 2.26. The molecule has 0 aromatic carbocycles. The van der Waals surface area contributed by atoms with Crippen molar-refractivity contribution in [2.75, 3.05) is 31.6 Å². The summed E-state index contributed by atoms with van der Waals surface area (Å²) in [5.41, 5.74) is 0. The molecule has 2 aliphatic heterocycles. The molecular formula is C14H26N2OS. The minimum Gasteiger partial charge on any atom is -0.342 e. The highest BCUT2D eigenvalue weighted by atomic mass is 32.2. The van der Waals surface area contributed by atoms with Gasteiger partial charge < -0.3 is 10.2 Å². The van der Waals surface area contributed by atoms with Gasteiger partial charge in [0.15, 0.2) is 0 Å². The van der Waals surface area contributed by atoms with Gasteiger partial charge in [-0.2, -0.15) is 11.8 Å². The van der Waals surface area contributed by atoms with Gasteiger partial charge in [-0.15, -0.1) is 0 Å². The Morgan fingerprint density at radius 2 is 2.11 bits per heavy atom. The molecule has 0 aromatic rings. The van der Waals surface area contributed by atoms with Crippen LogP contribution in [0, 0.1) is 11.8 Å². The summed E-state index contributed by atoms with van der Waals surface area (Å²) in [7, 11) is 0. The Labute approximate surface area is 115 Å². The number of carbonyl (C=O) groups excluding carboxylic acids is 1. The molecule has 2 saturated heterocycles. The average Bonchev–Trinajstić information content (AvgIpc) is 2.92. The van der Waals surface area contributed by atoms with Crippen LogP contribution < -0.4 is 5.32 Å². The molecular weight excluding hydrogens is 244 g/mol. The van der Waals surface area contributed by atoms with E-state index in [1.165, 1.54) is 32.2 Å². The number of amides is 1. The number of thioether (sulfide) groups is 1. The summed E-state index contributed by atoms with van der Waals surface area (Å²) < 4.78 is 0. The zero-order chi connectivity index (χ0) is 13.0. The second kappa shape index (κ2) is 6.80. The van der Waals surface area contributed by atoms with Gasteiger partial charge in [-0.05, 0) is 44.4 Å². The van der Waals surface area contributed by atoms with Crippen molar-refractivity contribution in [1.29, 1.82) is 0 Å². The first-order chi connectivity index (χ1) is 8.72. The van der Waals surface area contributed by atoms with E-state index < -0.39 is 0 Å². The summed E-state index contributed by atoms with van der Waals surface area (Å²) in [5.74, 6) is 2.29. The molecule has 2 unspecified atom stereocenters. The molecule has 0 saturated carbocycles. The van der Waals surface area contributed by atoms with E-state index in [1.807, 2.05) is 0 Å². The molecule has 18 heavy (non-hydrogen) atoms. The smallest absolute Gasteiger partial charge is 0.226 e. The van der Waals surface area contributed by atoms with Crippen LogP contribution in [0.3, 0.4) is 0 Å². The van der Waals surface area contributed by atoms with E-state index in [2.05, 4.69) is 23.4 Å². The first-order valence-electron chi connectivity index (χ1n) is 7.23. The van der Waals surface area contributed by atoms with E-state index in [4.69, 9.17) is 0 Å². The van der Waals surface area contributed by atoms with Crippen LogP contribution in [0.5, 0.6) is 0 Å². The highest BCUT2D eigenvalue weighted by molar-refractivity contribution is 7.98. The van der Waals surface area contributed by atoms with Crippen molar-refractivity contribution in [3.63, 3.8) is 0 Å². The molecule has 2 aliphatic rings. The lowest BCUT2D eigenvalue weighted by atomic mass is 9.88. The van der Waals surface area contributed by atoms with Crippen molar-refractivity contribution >= 4 is 17.7 Å². The molecule has 4 heteroatoms. The van der Waals surface area contributed by atoms with E-state index >= 15 is 0 Å². The summed E-state index contributed by atoms with van der Waals surface area (Å²) in [4.78, 5) is 14.3. The molecule has 0 bridgehead atoms. The molecule has 2 atom stereocenters. The first kappa shape index (κ1) is 14.2. The van der Waals surface area contributed by atoms with Crippen LogP contribution >= 0.6 is 11.8 Å². The topological polar surface area (TPSA) is 32.3 Å². The van der Waals surface area contributed by atoms with Crippen molar-refractivity contribution in [3.05, 3.63) is 0 Å². The van der Waals surface area contributed by atoms with Crippen molar-refractivity contribution in [2.45, 2.75) is 38.6 Å². The average molecular weight is 270 g/mol. The fourth-order valence-corrected chi connectivity index (χ4v) is 3.91. The second-order valence-electron chi connectivity index (χ2n) is 5.72. The molecule has 1 N–H and O–H groups in total. The lowest BCUT2D eigenvalue weighted by molar-refractivity contribution is -0.135. The van der Waals surface area contributed by atoms with Crippen LogP contribution in [0.1, 0.15) is 32.6 Å². The minimum absolute atomic E-state index is 0.182. The molecule has 1 amide bonds. The lowest BCUT2D eigenvalue weighted by Gasteiger charge is -2.36. The van der Waals surface area contributed by atoms with Gasteiger partial charge in [0.25, 0.3) is 0 Å². The Bertz CT molecular complexity index is 271. The summed E-state index contributed by atoms with van der Waals surface area (Å²) in [5, 5.41) is 3.61. The van der Waals surface area contributed by atoms with Gasteiger partial charge in [-0.1, -0.05) is 6.92 Å². The molecule has 2 fully saturated rings. The van der Waals surface area contributed by atoms with Crippen LogP contribution in [0.4, 0.5) is 0 Å².